The van der Waals surface area contributed by atoms with Crippen molar-refractivity contribution >= 4 is 11.6 Å². The standard InChI is InChI=1S/C18H23N3O4/c1-12-6-4-7-14(16(12)21(23)24)9-11-20-18(22)13(2)17(25-3)15-8-5-10-19-15/h4-8,10,13,17,19H,9,11H2,1-3H3,(H,20,22)/t13-,17-/m1/s1. The molecule has 1 amide bonds. The van der Waals surface area contributed by atoms with E-state index in [0.29, 0.717) is 24.1 Å². The molecular formula is C18H23N3O4. The van der Waals surface area contributed by atoms with Crippen LogP contribution in [-0.4, -0.2) is 29.5 Å². The molecule has 2 rings (SSSR count). The fraction of sp³-hybridized carbons (Fsp3) is 0.389. The minimum absolute atomic E-state index is 0.117. The smallest absolute Gasteiger partial charge is 0.275 e. The minimum Gasteiger partial charge on any atom is -0.374 e. The van der Waals surface area contributed by atoms with Crippen LogP contribution in [0.25, 0.3) is 0 Å². The molecule has 134 valence electrons. The summed E-state index contributed by atoms with van der Waals surface area (Å²) in [5.41, 5.74) is 2.18. The second-order valence-electron chi connectivity index (χ2n) is 5.95. The molecule has 1 heterocycles. The van der Waals surface area contributed by atoms with Crippen LogP contribution >= 0.6 is 0 Å². The van der Waals surface area contributed by atoms with Gasteiger partial charge in [-0.2, -0.15) is 0 Å². The van der Waals surface area contributed by atoms with Crippen molar-refractivity contribution in [2.75, 3.05) is 13.7 Å². The van der Waals surface area contributed by atoms with E-state index in [1.54, 1.807) is 45.4 Å². The summed E-state index contributed by atoms with van der Waals surface area (Å²) in [6.07, 6.45) is 1.81. The normalized spacial score (nSPS) is 13.2. The van der Waals surface area contributed by atoms with Gasteiger partial charge in [-0.3, -0.25) is 14.9 Å². The van der Waals surface area contributed by atoms with Gasteiger partial charge in [-0.05, 0) is 25.5 Å². The van der Waals surface area contributed by atoms with Gasteiger partial charge in [0.2, 0.25) is 5.91 Å². The molecule has 0 saturated heterocycles. The van der Waals surface area contributed by atoms with Crippen LogP contribution in [0.4, 0.5) is 5.69 Å². The maximum Gasteiger partial charge on any atom is 0.275 e. The van der Waals surface area contributed by atoms with Gasteiger partial charge in [0.05, 0.1) is 10.8 Å². The molecule has 7 nitrogen and oxygen atoms in total. The highest BCUT2D eigenvalue weighted by Crippen LogP contribution is 2.25. The Balaban J connectivity index is 1.97. The van der Waals surface area contributed by atoms with Crippen molar-refractivity contribution in [3.8, 4) is 0 Å². The molecule has 0 aliphatic rings. The molecule has 1 aromatic heterocycles. The Labute approximate surface area is 146 Å². The van der Waals surface area contributed by atoms with Crippen molar-refractivity contribution in [2.24, 2.45) is 5.92 Å². The fourth-order valence-electron chi connectivity index (χ4n) is 2.92. The molecule has 2 N–H and O–H groups in total. The maximum absolute atomic E-state index is 12.4. The summed E-state index contributed by atoms with van der Waals surface area (Å²) in [4.78, 5) is 26.3. The molecule has 0 bridgehead atoms. The molecule has 2 aromatic rings. The van der Waals surface area contributed by atoms with Crippen molar-refractivity contribution in [2.45, 2.75) is 26.4 Å². The number of para-hydroxylation sites is 1. The SMILES string of the molecule is CO[C@@H](c1ccc[nH]1)[C@@H](C)C(=O)NCCc1cccc(C)c1[N+](=O)[O-]. The second-order valence-corrected chi connectivity index (χ2v) is 5.95. The summed E-state index contributed by atoms with van der Waals surface area (Å²) in [6, 6.07) is 8.94. The Morgan fingerprint density at radius 2 is 2.12 bits per heavy atom. The summed E-state index contributed by atoms with van der Waals surface area (Å²) in [7, 11) is 1.56. The number of carbonyl (C=O) groups is 1. The van der Waals surface area contributed by atoms with Crippen molar-refractivity contribution in [1.29, 1.82) is 0 Å². The quantitative estimate of drug-likeness (QED) is 0.568. The number of carbonyl (C=O) groups excluding carboxylic acids is 1. The summed E-state index contributed by atoms with van der Waals surface area (Å²) in [5, 5.41) is 14.0. The number of methoxy groups -OCH3 is 1. The highest BCUT2D eigenvalue weighted by atomic mass is 16.6. The van der Waals surface area contributed by atoms with Gasteiger partial charge >= 0.3 is 0 Å². The molecule has 0 unspecified atom stereocenters. The Kier molecular flexibility index (Phi) is 6.30. The van der Waals surface area contributed by atoms with Crippen LogP contribution in [0.15, 0.2) is 36.5 Å². The number of aromatic amines is 1. The van der Waals surface area contributed by atoms with Crippen LogP contribution < -0.4 is 5.32 Å². The number of benzene rings is 1. The highest BCUT2D eigenvalue weighted by Gasteiger charge is 2.26. The maximum atomic E-state index is 12.4. The summed E-state index contributed by atoms with van der Waals surface area (Å²) >= 11 is 0. The number of nitrogens with one attached hydrogen (secondary N) is 2. The van der Waals surface area contributed by atoms with Gasteiger partial charge in [-0.25, -0.2) is 0 Å². The first-order chi connectivity index (χ1) is 12.0. The average Bonchev–Trinajstić information content (AvgIpc) is 3.09. The Bertz CT molecular complexity index is 728. The topological polar surface area (TPSA) is 97.3 Å². The number of aryl methyl sites for hydroxylation is 1. The van der Waals surface area contributed by atoms with E-state index >= 15 is 0 Å². The van der Waals surface area contributed by atoms with Crippen molar-refractivity contribution in [3.05, 3.63) is 63.5 Å². The number of nitro groups is 1. The Morgan fingerprint density at radius 1 is 1.36 bits per heavy atom. The number of nitrogens with zero attached hydrogens (tertiary/aromatic N) is 1. The molecule has 0 aliphatic heterocycles. The lowest BCUT2D eigenvalue weighted by Crippen LogP contribution is -2.34. The number of H-pyrrole nitrogens is 1. The number of hydrogen-bond donors (Lipinski definition) is 2. The van der Waals surface area contributed by atoms with E-state index in [-0.39, 0.29) is 22.6 Å². The van der Waals surface area contributed by atoms with Crippen molar-refractivity contribution in [1.82, 2.24) is 10.3 Å². The minimum atomic E-state index is -0.392. The third kappa shape index (κ3) is 4.45. The molecule has 0 spiro atoms. The number of rotatable bonds is 8. The number of ether oxygens (including phenoxy) is 1. The van der Waals surface area contributed by atoms with Crippen LogP contribution in [0.3, 0.4) is 0 Å². The average molecular weight is 345 g/mol. The first kappa shape index (κ1) is 18.7. The summed E-state index contributed by atoms with van der Waals surface area (Å²) < 4.78 is 5.43. The largest absolute Gasteiger partial charge is 0.374 e. The molecule has 25 heavy (non-hydrogen) atoms. The molecule has 0 aliphatic carbocycles. The summed E-state index contributed by atoms with van der Waals surface area (Å²) in [6.45, 7) is 3.83. The number of nitro benzene ring substituents is 1. The predicted molar refractivity (Wildman–Crippen MR) is 94.3 cm³/mol. The zero-order chi connectivity index (χ0) is 18.4. The first-order valence-electron chi connectivity index (χ1n) is 8.12. The van der Waals surface area contributed by atoms with E-state index in [1.165, 1.54) is 0 Å². The van der Waals surface area contributed by atoms with Gasteiger partial charge < -0.3 is 15.0 Å². The van der Waals surface area contributed by atoms with Crippen molar-refractivity contribution in [3.63, 3.8) is 0 Å². The zero-order valence-electron chi connectivity index (χ0n) is 14.6. The molecule has 2 atom stereocenters. The van der Waals surface area contributed by atoms with Crippen LogP contribution in [0.1, 0.15) is 29.8 Å². The molecule has 7 heteroatoms. The van der Waals surface area contributed by atoms with Gasteiger partial charge in [0.15, 0.2) is 0 Å². The monoisotopic (exact) mass is 345 g/mol. The number of hydrogen-bond acceptors (Lipinski definition) is 4. The number of amides is 1. The second kappa shape index (κ2) is 8.43. The van der Waals surface area contributed by atoms with E-state index in [9.17, 15) is 14.9 Å². The third-order valence-corrected chi connectivity index (χ3v) is 4.25. The van der Waals surface area contributed by atoms with E-state index in [1.807, 2.05) is 12.1 Å². The van der Waals surface area contributed by atoms with Crippen molar-refractivity contribution < 1.29 is 14.5 Å². The molecule has 1 aromatic carbocycles. The van der Waals surface area contributed by atoms with E-state index in [0.717, 1.165) is 5.69 Å². The predicted octanol–water partition coefficient (Wildman–Crippen LogP) is 2.91. The van der Waals surface area contributed by atoms with Gasteiger partial charge in [0.25, 0.3) is 5.69 Å². The van der Waals surface area contributed by atoms with Gasteiger partial charge in [0.1, 0.15) is 6.10 Å². The highest BCUT2D eigenvalue weighted by molar-refractivity contribution is 5.79. The van der Waals surface area contributed by atoms with Crippen LogP contribution in [-0.2, 0) is 16.0 Å². The van der Waals surface area contributed by atoms with Crippen LogP contribution in [0.5, 0.6) is 0 Å². The molecule has 0 saturated carbocycles. The van der Waals surface area contributed by atoms with E-state index in [4.69, 9.17) is 4.74 Å². The zero-order valence-corrected chi connectivity index (χ0v) is 14.6. The van der Waals surface area contributed by atoms with Gasteiger partial charge in [0, 0.05) is 36.7 Å². The molecular weight excluding hydrogens is 322 g/mol. The van der Waals surface area contributed by atoms with Gasteiger partial charge in [-0.15, -0.1) is 0 Å². The van der Waals surface area contributed by atoms with E-state index < -0.39 is 5.92 Å². The fourth-order valence-corrected chi connectivity index (χ4v) is 2.92. The lowest BCUT2D eigenvalue weighted by atomic mass is 10.0. The van der Waals surface area contributed by atoms with Gasteiger partial charge in [-0.1, -0.05) is 25.1 Å². The number of aromatic nitrogens is 1. The van der Waals surface area contributed by atoms with Crippen LogP contribution in [0, 0.1) is 23.0 Å². The lowest BCUT2D eigenvalue weighted by Gasteiger charge is -2.21. The lowest BCUT2D eigenvalue weighted by molar-refractivity contribution is -0.386. The first-order valence-corrected chi connectivity index (χ1v) is 8.12. The molecule has 0 radical (unpaired) electrons. The Hall–Kier alpha value is -2.67. The van der Waals surface area contributed by atoms with E-state index in [2.05, 4.69) is 10.3 Å². The third-order valence-electron chi connectivity index (χ3n) is 4.25. The molecule has 0 fully saturated rings. The summed E-state index contributed by atoms with van der Waals surface area (Å²) in [5.74, 6) is -0.548. The Morgan fingerprint density at radius 3 is 2.72 bits per heavy atom. The van der Waals surface area contributed by atoms with Crippen LogP contribution in [0.2, 0.25) is 0 Å².